The van der Waals surface area contributed by atoms with Gasteiger partial charge >= 0.3 is 24.5 Å². The highest BCUT2D eigenvalue weighted by atomic mass is 19.4. The molecule has 0 spiro atoms. The average Bonchev–Trinajstić information content (AvgIpc) is 2.89. The smallest absolute Gasteiger partial charge is 0.416 e. The minimum Gasteiger partial charge on any atom is -0.496 e. The highest BCUT2D eigenvalue weighted by Crippen LogP contribution is 2.45. The molecule has 2 aromatic rings. The van der Waals surface area contributed by atoms with E-state index in [1.165, 1.54) is 24.1 Å². The Morgan fingerprint density at radius 1 is 1.00 bits per heavy atom. The molecule has 1 aliphatic rings. The third-order valence-corrected chi connectivity index (χ3v) is 6.49. The van der Waals surface area contributed by atoms with Gasteiger partial charge in [-0.3, -0.25) is 14.6 Å². The monoisotopic (exact) mass is 591 g/mol. The molecular weight excluding hydrogens is 564 g/mol. The van der Waals surface area contributed by atoms with Crippen LogP contribution < -0.4 is 15.4 Å². The lowest BCUT2D eigenvalue weighted by Crippen LogP contribution is -2.47. The Morgan fingerprint density at radius 2 is 1.59 bits per heavy atom. The Bertz CT molecular complexity index is 1300. The number of carbonyl (C=O) groups excluding carboxylic acids is 3. The predicted octanol–water partition coefficient (Wildman–Crippen LogP) is 5.90. The van der Waals surface area contributed by atoms with Gasteiger partial charge in [-0.15, -0.1) is 0 Å². The quantitative estimate of drug-likeness (QED) is 0.419. The van der Waals surface area contributed by atoms with Crippen LogP contribution in [0.1, 0.15) is 58.9 Å². The van der Waals surface area contributed by atoms with E-state index in [1.807, 2.05) is 0 Å². The first-order valence-electron chi connectivity index (χ1n) is 12.1. The van der Waals surface area contributed by atoms with Crippen molar-refractivity contribution in [1.29, 1.82) is 0 Å². The Labute approximate surface area is 230 Å². The second kappa shape index (κ2) is 11.7. The zero-order valence-corrected chi connectivity index (χ0v) is 22.4. The van der Waals surface area contributed by atoms with Crippen molar-refractivity contribution in [2.75, 3.05) is 25.7 Å². The van der Waals surface area contributed by atoms with Gasteiger partial charge in [-0.05, 0) is 56.2 Å². The van der Waals surface area contributed by atoms with E-state index in [-0.39, 0.29) is 41.7 Å². The largest absolute Gasteiger partial charge is 0.496 e. The second-order valence-electron chi connectivity index (χ2n) is 9.16. The summed E-state index contributed by atoms with van der Waals surface area (Å²) in [6.45, 7) is 2.44. The fourth-order valence-electron chi connectivity index (χ4n) is 4.71. The average molecular weight is 592 g/mol. The van der Waals surface area contributed by atoms with E-state index in [0.717, 1.165) is 12.0 Å². The third kappa shape index (κ3) is 6.60. The topological polar surface area (TPSA) is 111 Å². The third-order valence-electron chi connectivity index (χ3n) is 6.49. The number of anilines is 1. The molecule has 1 heterocycles. The van der Waals surface area contributed by atoms with E-state index in [0.29, 0.717) is 12.1 Å². The van der Waals surface area contributed by atoms with E-state index in [9.17, 15) is 40.7 Å². The molecule has 0 aromatic heterocycles. The lowest BCUT2D eigenvalue weighted by molar-refractivity contribution is -0.143. The molecule has 41 heavy (non-hydrogen) atoms. The maximum absolute atomic E-state index is 13.5. The Hall–Kier alpha value is -4.17. The zero-order chi connectivity index (χ0) is 30.9. The van der Waals surface area contributed by atoms with Gasteiger partial charge in [0.05, 0.1) is 49.2 Å². The highest BCUT2D eigenvalue weighted by Gasteiger charge is 2.42. The molecule has 0 aliphatic carbocycles. The summed E-state index contributed by atoms with van der Waals surface area (Å²) < 4.78 is 96.2. The fraction of sp³-hybridized carbons (Fsp3) is 0.423. The number of primary amides is 1. The van der Waals surface area contributed by atoms with Crippen LogP contribution in [0.4, 0.5) is 41.6 Å². The van der Waals surface area contributed by atoms with Crippen molar-refractivity contribution < 1.29 is 54.9 Å². The number of hydrogen-bond acceptors (Lipinski definition) is 6. The summed E-state index contributed by atoms with van der Waals surface area (Å²) in [4.78, 5) is 40.1. The lowest BCUT2D eigenvalue weighted by atomic mass is 9.89. The van der Waals surface area contributed by atoms with Crippen molar-refractivity contribution in [2.24, 2.45) is 5.73 Å². The molecule has 2 N–H and O–H groups in total. The van der Waals surface area contributed by atoms with Crippen LogP contribution in [0.15, 0.2) is 30.3 Å². The predicted molar refractivity (Wildman–Crippen MR) is 132 cm³/mol. The summed E-state index contributed by atoms with van der Waals surface area (Å²) in [5, 5.41) is 0. The van der Waals surface area contributed by atoms with E-state index >= 15 is 0 Å². The van der Waals surface area contributed by atoms with Crippen LogP contribution in [-0.4, -0.2) is 49.9 Å². The van der Waals surface area contributed by atoms with Crippen LogP contribution in [-0.2, 0) is 28.4 Å². The number of halogens is 6. The molecule has 0 bridgehead atoms. The van der Waals surface area contributed by atoms with Crippen LogP contribution in [0, 0.1) is 0 Å². The second-order valence-corrected chi connectivity index (χ2v) is 9.16. The molecule has 0 saturated carbocycles. The van der Waals surface area contributed by atoms with E-state index < -0.39 is 65.8 Å². The minimum atomic E-state index is -5.10. The number of nitrogens with zero attached hydrogens (tertiary/aromatic N) is 2. The summed E-state index contributed by atoms with van der Waals surface area (Å²) in [6.07, 6.45) is -12.1. The Balaban J connectivity index is 2.23. The number of alkyl halides is 6. The van der Waals surface area contributed by atoms with Crippen molar-refractivity contribution in [3.63, 3.8) is 0 Å². The van der Waals surface area contributed by atoms with Crippen molar-refractivity contribution in [3.05, 3.63) is 58.1 Å². The van der Waals surface area contributed by atoms with E-state index in [1.54, 1.807) is 13.8 Å². The number of ether oxygens (including phenoxy) is 3. The number of carbonyl (C=O) groups is 3. The molecule has 2 atom stereocenters. The number of fused-ring (bicyclic) bond motifs is 1. The van der Waals surface area contributed by atoms with Crippen molar-refractivity contribution >= 4 is 23.8 Å². The van der Waals surface area contributed by atoms with Crippen LogP contribution >= 0.6 is 0 Å². The van der Waals surface area contributed by atoms with Crippen molar-refractivity contribution in [1.82, 2.24) is 4.90 Å². The van der Waals surface area contributed by atoms with Gasteiger partial charge in [0.15, 0.2) is 0 Å². The van der Waals surface area contributed by atoms with Crippen LogP contribution in [0.5, 0.6) is 5.75 Å². The van der Waals surface area contributed by atoms with Gasteiger partial charge in [0.2, 0.25) is 0 Å². The van der Waals surface area contributed by atoms with Crippen LogP contribution in [0.3, 0.4) is 0 Å². The van der Waals surface area contributed by atoms with Gasteiger partial charge in [-0.1, -0.05) is 0 Å². The molecule has 2 unspecified atom stereocenters. The normalized spacial score (nSPS) is 17.0. The maximum Gasteiger partial charge on any atom is 0.416 e. The summed E-state index contributed by atoms with van der Waals surface area (Å²) >= 11 is 0. The van der Waals surface area contributed by atoms with E-state index in [4.69, 9.17) is 19.9 Å². The SMILES string of the molecule is CCOC(=O)N1c2cc(C(N)=O)c(OC)cc2C(N(Cc2cc(C(F)(F)F)cc(C(F)(F)F)c2)C(=O)OC)CC1C. The molecular formula is C26H27F6N3O6. The van der Waals surface area contributed by atoms with E-state index in [2.05, 4.69) is 0 Å². The molecule has 15 heteroatoms. The zero-order valence-electron chi connectivity index (χ0n) is 22.4. The number of hydrogen-bond donors (Lipinski definition) is 1. The van der Waals surface area contributed by atoms with Gasteiger partial charge in [0.1, 0.15) is 5.75 Å². The molecule has 3 rings (SSSR count). The minimum absolute atomic E-state index is 0.00498. The summed E-state index contributed by atoms with van der Waals surface area (Å²) in [5.74, 6) is -0.945. The number of nitrogens with two attached hydrogens (primary N) is 1. The summed E-state index contributed by atoms with van der Waals surface area (Å²) in [7, 11) is 2.23. The molecule has 2 aromatic carbocycles. The highest BCUT2D eigenvalue weighted by molar-refractivity contribution is 5.99. The molecule has 0 radical (unpaired) electrons. The van der Waals surface area contributed by atoms with Gasteiger partial charge in [0.25, 0.3) is 5.91 Å². The molecule has 0 fully saturated rings. The first-order chi connectivity index (χ1) is 19.0. The number of rotatable bonds is 6. The van der Waals surface area contributed by atoms with Crippen LogP contribution in [0.25, 0.3) is 0 Å². The maximum atomic E-state index is 13.5. The van der Waals surface area contributed by atoms with Gasteiger partial charge in [0, 0.05) is 18.2 Å². The van der Waals surface area contributed by atoms with Gasteiger partial charge in [-0.25, -0.2) is 9.59 Å². The molecule has 0 saturated heterocycles. The van der Waals surface area contributed by atoms with Crippen LogP contribution in [0.2, 0.25) is 0 Å². The lowest BCUT2D eigenvalue weighted by Gasteiger charge is -2.42. The first kappa shape index (κ1) is 31.4. The number of methoxy groups -OCH3 is 2. The first-order valence-corrected chi connectivity index (χ1v) is 12.1. The van der Waals surface area contributed by atoms with Crippen molar-refractivity contribution in [3.8, 4) is 5.75 Å². The molecule has 9 nitrogen and oxygen atoms in total. The summed E-state index contributed by atoms with van der Waals surface area (Å²) in [5.41, 5.74) is 2.05. The Morgan fingerprint density at radius 3 is 2.05 bits per heavy atom. The van der Waals surface area contributed by atoms with Gasteiger partial charge in [-0.2, -0.15) is 26.3 Å². The number of benzene rings is 2. The standard InChI is InChI=1S/C26H27F6N3O6/c1-5-41-24(38)35-13(2)6-19(17-11-21(39-3)18(22(33)36)10-20(17)35)34(23(37)40-4)12-14-7-15(25(27,28)29)9-16(8-14)26(30,31)32/h7-11,13,19H,5-6,12H2,1-4H3,(H2,33,36). The molecule has 1 aliphatic heterocycles. The molecule has 3 amide bonds. The molecule has 224 valence electrons. The van der Waals surface area contributed by atoms with Crippen molar-refractivity contribution in [2.45, 2.75) is 51.2 Å². The van der Waals surface area contributed by atoms with Gasteiger partial charge < -0.3 is 19.9 Å². The number of amides is 3. The Kier molecular flexibility index (Phi) is 8.98. The summed E-state index contributed by atoms with van der Waals surface area (Å²) in [6, 6.07) is 1.80. The fourth-order valence-corrected chi connectivity index (χ4v) is 4.71.